The predicted octanol–water partition coefficient (Wildman–Crippen LogP) is 4.34. The van der Waals surface area contributed by atoms with E-state index in [1.807, 2.05) is 36.4 Å². The highest BCUT2D eigenvalue weighted by Crippen LogP contribution is 2.24. The summed E-state index contributed by atoms with van der Waals surface area (Å²) in [7, 11) is 0. The molecule has 0 amide bonds. The van der Waals surface area contributed by atoms with Gasteiger partial charge in [0.1, 0.15) is 17.5 Å². The van der Waals surface area contributed by atoms with Crippen LogP contribution in [0.1, 0.15) is 39.9 Å². The Labute approximate surface area is 127 Å². The summed E-state index contributed by atoms with van der Waals surface area (Å²) in [6.45, 7) is 9.42. The molecule has 1 heterocycles. The van der Waals surface area contributed by atoms with Gasteiger partial charge in [0.05, 0.1) is 0 Å². The largest absolute Gasteiger partial charge is 0.370 e. The Bertz CT molecular complexity index is 573. The minimum Gasteiger partial charge on any atom is -0.370 e. The van der Waals surface area contributed by atoms with Crippen molar-refractivity contribution in [3.63, 3.8) is 0 Å². The van der Waals surface area contributed by atoms with Gasteiger partial charge in [-0.25, -0.2) is 9.97 Å². The quantitative estimate of drug-likeness (QED) is 0.857. The lowest BCUT2D eigenvalue weighted by molar-refractivity contribution is 0.547. The standard InChI is InChI=1S/C17H24N4/c1-5-11-18-14-12-15(19-13-9-7-6-8-10-13)21-16(20-14)17(2,3)4/h6-10,12H,5,11H2,1-4H3,(H2,18,19,20,21). The number of benzene rings is 1. The van der Waals surface area contributed by atoms with E-state index >= 15 is 0 Å². The SMILES string of the molecule is CCCNc1cc(Nc2ccccc2)nc(C(C)(C)C)n1. The van der Waals surface area contributed by atoms with Crippen molar-refractivity contribution in [2.75, 3.05) is 17.2 Å². The van der Waals surface area contributed by atoms with Gasteiger partial charge in [0.15, 0.2) is 0 Å². The minimum atomic E-state index is -0.0863. The molecule has 0 bridgehead atoms. The van der Waals surface area contributed by atoms with Crippen LogP contribution in [0, 0.1) is 0 Å². The lowest BCUT2D eigenvalue weighted by Gasteiger charge is -2.19. The third-order valence-electron chi connectivity index (χ3n) is 3.00. The van der Waals surface area contributed by atoms with Gasteiger partial charge < -0.3 is 10.6 Å². The smallest absolute Gasteiger partial charge is 0.138 e. The molecular weight excluding hydrogens is 260 g/mol. The summed E-state index contributed by atoms with van der Waals surface area (Å²) in [6, 6.07) is 12.0. The summed E-state index contributed by atoms with van der Waals surface area (Å²) in [5, 5.41) is 6.68. The van der Waals surface area contributed by atoms with Gasteiger partial charge >= 0.3 is 0 Å². The Hall–Kier alpha value is -2.10. The van der Waals surface area contributed by atoms with Crippen LogP contribution in [-0.2, 0) is 5.41 Å². The first-order valence-electron chi connectivity index (χ1n) is 7.44. The van der Waals surface area contributed by atoms with Gasteiger partial charge in [-0.3, -0.25) is 0 Å². The van der Waals surface area contributed by atoms with Crippen molar-refractivity contribution in [2.45, 2.75) is 39.5 Å². The summed E-state index contributed by atoms with van der Waals surface area (Å²) >= 11 is 0. The zero-order chi connectivity index (χ0) is 15.3. The van der Waals surface area contributed by atoms with Crippen molar-refractivity contribution in [3.8, 4) is 0 Å². The number of anilines is 3. The van der Waals surface area contributed by atoms with Crippen LogP contribution in [0.5, 0.6) is 0 Å². The molecule has 4 heteroatoms. The maximum atomic E-state index is 4.65. The first kappa shape index (κ1) is 15.3. The highest BCUT2D eigenvalue weighted by molar-refractivity contribution is 5.59. The fourth-order valence-corrected chi connectivity index (χ4v) is 1.86. The van der Waals surface area contributed by atoms with Gasteiger partial charge in [0.25, 0.3) is 0 Å². The summed E-state index contributed by atoms with van der Waals surface area (Å²) < 4.78 is 0. The van der Waals surface area contributed by atoms with Gasteiger partial charge in [-0.1, -0.05) is 45.9 Å². The van der Waals surface area contributed by atoms with Crippen LogP contribution in [-0.4, -0.2) is 16.5 Å². The first-order valence-corrected chi connectivity index (χ1v) is 7.44. The molecule has 0 aliphatic rings. The Balaban J connectivity index is 2.30. The molecular formula is C17H24N4. The van der Waals surface area contributed by atoms with Gasteiger partial charge in [0, 0.05) is 23.7 Å². The summed E-state index contributed by atoms with van der Waals surface area (Å²) in [6.07, 6.45) is 1.07. The molecule has 4 nitrogen and oxygen atoms in total. The Morgan fingerprint density at radius 3 is 2.29 bits per heavy atom. The molecule has 0 aliphatic heterocycles. The Kier molecular flexibility index (Phi) is 4.78. The number of nitrogens with one attached hydrogen (secondary N) is 2. The predicted molar refractivity (Wildman–Crippen MR) is 89.2 cm³/mol. The first-order chi connectivity index (χ1) is 9.99. The highest BCUT2D eigenvalue weighted by Gasteiger charge is 2.19. The Morgan fingerprint density at radius 2 is 1.67 bits per heavy atom. The van der Waals surface area contributed by atoms with Crippen LogP contribution in [0.3, 0.4) is 0 Å². The van der Waals surface area contributed by atoms with Crippen molar-refractivity contribution >= 4 is 17.3 Å². The summed E-state index contributed by atoms with van der Waals surface area (Å²) in [5.74, 6) is 2.52. The number of para-hydroxylation sites is 1. The van der Waals surface area contributed by atoms with Crippen molar-refractivity contribution in [1.29, 1.82) is 0 Å². The van der Waals surface area contributed by atoms with Crippen molar-refractivity contribution < 1.29 is 0 Å². The Morgan fingerprint density at radius 1 is 1.00 bits per heavy atom. The fourth-order valence-electron chi connectivity index (χ4n) is 1.86. The van der Waals surface area contributed by atoms with E-state index in [0.717, 1.165) is 36.1 Å². The topological polar surface area (TPSA) is 49.8 Å². The van der Waals surface area contributed by atoms with Gasteiger partial charge in [-0.05, 0) is 18.6 Å². The molecule has 0 saturated carbocycles. The number of rotatable bonds is 5. The molecule has 0 spiro atoms. The van der Waals surface area contributed by atoms with E-state index in [-0.39, 0.29) is 5.41 Å². The van der Waals surface area contributed by atoms with Crippen LogP contribution >= 0.6 is 0 Å². The molecule has 0 fully saturated rings. The summed E-state index contributed by atoms with van der Waals surface area (Å²) in [5.41, 5.74) is 0.939. The maximum Gasteiger partial charge on any atom is 0.138 e. The van der Waals surface area contributed by atoms with E-state index < -0.39 is 0 Å². The molecule has 0 atom stereocenters. The highest BCUT2D eigenvalue weighted by atomic mass is 15.1. The average molecular weight is 284 g/mol. The third kappa shape index (κ3) is 4.45. The van der Waals surface area contributed by atoms with Crippen molar-refractivity contribution in [2.24, 2.45) is 0 Å². The molecule has 21 heavy (non-hydrogen) atoms. The zero-order valence-corrected chi connectivity index (χ0v) is 13.3. The van der Waals surface area contributed by atoms with Crippen LogP contribution in [0.25, 0.3) is 0 Å². The maximum absolute atomic E-state index is 4.65. The van der Waals surface area contributed by atoms with Crippen LogP contribution in [0.15, 0.2) is 36.4 Å². The summed E-state index contributed by atoms with van der Waals surface area (Å²) in [4.78, 5) is 9.27. The number of aromatic nitrogens is 2. The number of hydrogen-bond acceptors (Lipinski definition) is 4. The molecule has 112 valence electrons. The van der Waals surface area contributed by atoms with E-state index in [2.05, 4.69) is 48.3 Å². The van der Waals surface area contributed by atoms with Gasteiger partial charge in [-0.2, -0.15) is 0 Å². The van der Waals surface area contributed by atoms with E-state index in [1.54, 1.807) is 0 Å². The van der Waals surface area contributed by atoms with Crippen molar-refractivity contribution in [1.82, 2.24) is 9.97 Å². The molecule has 0 saturated heterocycles. The lowest BCUT2D eigenvalue weighted by Crippen LogP contribution is -2.18. The van der Waals surface area contributed by atoms with E-state index in [9.17, 15) is 0 Å². The molecule has 2 N–H and O–H groups in total. The monoisotopic (exact) mass is 284 g/mol. The lowest BCUT2D eigenvalue weighted by atomic mass is 9.96. The fraction of sp³-hybridized carbons (Fsp3) is 0.412. The average Bonchev–Trinajstić information content (AvgIpc) is 2.45. The second-order valence-corrected chi connectivity index (χ2v) is 6.13. The molecule has 0 aliphatic carbocycles. The van der Waals surface area contributed by atoms with Crippen LogP contribution in [0.4, 0.5) is 17.3 Å². The van der Waals surface area contributed by atoms with Crippen LogP contribution in [0.2, 0.25) is 0 Å². The third-order valence-corrected chi connectivity index (χ3v) is 3.00. The van der Waals surface area contributed by atoms with E-state index in [0.29, 0.717) is 0 Å². The number of hydrogen-bond donors (Lipinski definition) is 2. The van der Waals surface area contributed by atoms with E-state index in [1.165, 1.54) is 0 Å². The molecule has 2 rings (SSSR count). The second kappa shape index (κ2) is 6.57. The van der Waals surface area contributed by atoms with E-state index in [4.69, 9.17) is 0 Å². The molecule has 1 aromatic carbocycles. The normalized spacial score (nSPS) is 11.2. The molecule has 0 unspecified atom stereocenters. The van der Waals surface area contributed by atoms with Crippen LogP contribution < -0.4 is 10.6 Å². The van der Waals surface area contributed by atoms with Gasteiger partial charge in [-0.15, -0.1) is 0 Å². The van der Waals surface area contributed by atoms with Gasteiger partial charge in [0.2, 0.25) is 0 Å². The van der Waals surface area contributed by atoms with Crippen molar-refractivity contribution in [3.05, 3.63) is 42.2 Å². The zero-order valence-electron chi connectivity index (χ0n) is 13.3. The molecule has 0 radical (unpaired) electrons. The molecule has 2 aromatic rings. The second-order valence-electron chi connectivity index (χ2n) is 6.13. The number of nitrogens with zero attached hydrogens (tertiary/aromatic N) is 2. The molecule has 1 aromatic heterocycles. The minimum absolute atomic E-state index is 0.0863.